The van der Waals surface area contributed by atoms with Gasteiger partial charge in [0.1, 0.15) is 0 Å². The molecule has 1 saturated heterocycles. The summed E-state index contributed by atoms with van der Waals surface area (Å²) in [6.07, 6.45) is 0. The Morgan fingerprint density at radius 3 is 2.41 bits per heavy atom. The molecular formula is C23H29N3O7S. The normalized spacial score (nSPS) is 16.9. The SMILES string of the molecule is COc1ccc(S(=O)(=O)N[C@H](C)C(=O)N2CCN(Cc3ccc4c(c3)OCO4)CC2)cc1OC. The van der Waals surface area contributed by atoms with Crippen LogP contribution in [0.2, 0.25) is 0 Å². The number of ether oxygens (including phenoxy) is 4. The first-order valence-corrected chi connectivity index (χ1v) is 12.4. The molecule has 0 bridgehead atoms. The van der Waals surface area contributed by atoms with Crippen LogP contribution in [0, 0.1) is 0 Å². The molecule has 4 rings (SSSR count). The Hall–Kier alpha value is -3.02. The van der Waals surface area contributed by atoms with Crippen molar-refractivity contribution >= 4 is 15.9 Å². The molecule has 0 unspecified atom stereocenters. The van der Waals surface area contributed by atoms with Crippen molar-refractivity contribution in [2.45, 2.75) is 24.4 Å². The molecular weight excluding hydrogens is 462 g/mol. The summed E-state index contributed by atoms with van der Waals surface area (Å²) in [5, 5.41) is 0. The third-order valence-electron chi connectivity index (χ3n) is 5.89. The van der Waals surface area contributed by atoms with Crippen LogP contribution < -0.4 is 23.7 Å². The van der Waals surface area contributed by atoms with Crippen molar-refractivity contribution in [1.29, 1.82) is 0 Å². The summed E-state index contributed by atoms with van der Waals surface area (Å²) < 4.78 is 49.3. The summed E-state index contributed by atoms with van der Waals surface area (Å²) in [6, 6.07) is 9.28. The molecule has 1 fully saturated rings. The van der Waals surface area contributed by atoms with Crippen LogP contribution in [0.5, 0.6) is 23.0 Å². The van der Waals surface area contributed by atoms with Crippen LogP contribution >= 0.6 is 0 Å². The zero-order valence-corrected chi connectivity index (χ0v) is 20.3. The van der Waals surface area contributed by atoms with Gasteiger partial charge in [-0.1, -0.05) is 6.07 Å². The van der Waals surface area contributed by atoms with Crippen molar-refractivity contribution in [3.05, 3.63) is 42.0 Å². The van der Waals surface area contributed by atoms with E-state index in [-0.39, 0.29) is 17.6 Å². The summed E-state index contributed by atoms with van der Waals surface area (Å²) in [4.78, 5) is 16.9. The number of nitrogens with zero attached hydrogens (tertiary/aromatic N) is 2. The zero-order chi connectivity index (χ0) is 24.3. The monoisotopic (exact) mass is 491 g/mol. The zero-order valence-electron chi connectivity index (χ0n) is 19.4. The molecule has 2 heterocycles. The molecule has 11 heteroatoms. The van der Waals surface area contributed by atoms with Crippen LogP contribution in [0.4, 0.5) is 0 Å². The van der Waals surface area contributed by atoms with Gasteiger partial charge in [0.25, 0.3) is 0 Å². The molecule has 0 saturated carbocycles. The Morgan fingerprint density at radius 1 is 1.00 bits per heavy atom. The first kappa shape index (κ1) is 24.1. The van der Waals surface area contributed by atoms with Crippen LogP contribution in [0.15, 0.2) is 41.3 Å². The molecule has 184 valence electrons. The predicted molar refractivity (Wildman–Crippen MR) is 124 cm³/mol. The molecule has 1 atom stereocenters. The van der Waals surface area contributed by atoms with E-state index in [0.29, 0.717) is 37.7 Å². The Bertz CT molecular complexity index is 1150. The van der Waals surface area contributed by atoms with Gasteiger partial charge in [0.05, 0.1) is 25.2 Å². The Kier molecular flexibility index (Phi) is 7.15. The van der Waals surface area contributed by atoms with Crippen molar-refractivity contribution in [1.82, 2.24) is 14.5 Å². The molecule has 2 aromatic rings. The third kappa shape index (κ3) is 5.21. The van der Waals surface area contributed by atoms with Crippen molar-refractivity contribution in [2.75, 3.05) is 47.2 Å². The number of methoxy groups -OCH3 is 2. The summed E-state index contributed by atoms with van der Waals surface area (Å²) in [5.41, 5.74) is 1.11. The molecule has 0 spiro atoms. The maximum Gasteiger partial charge on any atom is 0.241 e. The standard InChI is InChI=1S/C23H29N3O7S/c1-16(24-34(28,29)18-5-7-19(30-2)21(13-18)31-3)23(27)26-10-8-25(9-11-26)14-17-4-6-20-22(12-17)33-15-32-20/h4-7,12-13,16,24H,8-11,14-15H2,1-3H3/t16-/m1/s1. The van der Waals surface area contributed by atoms with Gasteiger partial charge in [0.2, 0.25) is 22.7 Å². The number of benzene rings is 2. The second-order valence-corrected chi connectivity index (χ2v) is 9.86. The minimum absolute atomic E-state index is 0.00153. The van der Waals surface area contributed by atoms with E-state index < -0.39 is 16.1 Å². The summed E-state index contributed by atoms with van der Waals surface area (Å²) in [5.74, 6) is 1.96. The minimum atomic E-state index is -3.92. The van der Waals surface area contributed by atoms with E-state index in [4.69, 9.17) is 18.9 Å². The van der Waals surface area contributed by atoms with E-state index >= 15 is 0 Å². The molecule has 1 N–H and O–H groups in total. The average molecular weight is 492 g/mol. The quantitative estimate of drug-likeness (QED) is 0.591. The lowest BCUT2D eigenvalue weighted by Gasteiger charge is -2.36. The molecule has 2 aromatic carbocycles. The Morgan fingerprint density at radius 2 is 1.71 bits per heavy atom. The number of carbonyl (C=O) groups is 1. The van der Waals surface area contributed by atoms with E-state index in [1.165, 1.54) is 32.4 Å². The molecule has 0 aliphatic carbocycles. The van der Waals surface area contributed by atoms with E-state index in [2.05, 4.69) is 9.62 Å². The number of nitrogens with one attached hydrogen (secondary N) is 1. The number of hydrogen-bond donors (Lipinski definition) is 1. The van der Waals surface area contributed by atoms with Gasteiger partial charge in [0, 0.05) is 38.8 Å². The van der Waals surface area contributed by atoms with Gasteiger partial charge in [0.15, 0.2) is 23.0 Å². The van der Waals surface area contributed by atoms with Crippen LogP contribution in [0.3, 0.4) is 0 Å². The maximum atomic E-state index is 12.9. The predicted octanol–water partition coefficient (Wildman–Crippen LogP) is 1.44. The number of amides is 1. The molecule has 2 aliphatic rings. The van der Waals surface area contributed by atoms with Crippen molar-refractivity contribution < 1.29 is 32.2 Å². The Balaban J connectivity index is 1.32. The summed E-state index contributed by atoms with van der Waals surface area (Å²) in [7, 11) is -1.02. The van der Waals surface area contributed by atoms with Crippen LogP contribution in [-0.4, -0.2) is 77.4 Å². The fourth-order valence-corrected chi connectivity index (χ4v) is 5.24. The number of fused-ring (bicyclic) bond motifs is 1. The largest absolute Gasteiger partial charge is 0.493 e. The van der Waals surface area contributed by atoms with E-state index in [1.807, 2.05) is 18.2 Å². The van der Waals surface area contributed by atoms with E-state index in [1.54, 1.807) is 11.8 Å². The Labute approximate surface area is 199 Å². The van der Waals surface area contributed by atoms with Crippen molar-refractivity contribution in [3.8, 4) is 23.0 Å². The number of carbonyl (C=O) groups excluding carboxylic acids is 1. The van der Waals surface area contributed by atoms with Crippen molar-refractivity contribution in [3.63, 3.8) is 0 Å². The fraction of sp³-hybridized carbons (Fsp3) is 0.435. The maximum absolute atomic E-state index is 12.9. The average Bonchev–Trinajstić information content (AvgIpc) is 3.31. The number of hydrogen-bond acceptors (Lipinski definition) is 8. The number of rotatable bonds is 8. The smallest absolute Gasteiger partial charge is 0.241 e. The fourth-order valence-electron chi connectivity index (χ4n) is 4.03. The van der Waals surface area contributed by atoms with Gasteiger partial charge in [-0.25, -0.2) is 8.42 Å². The van der Waals surface area contributed by atoms with E-state index in [0.717, 1.165) is 23.6 Å². The highest BCUT2D eigenvalue weighted by atomic mass is 32.2. The summed E-state index contributed by atoms with van der Waals surface area (Å²) in [6.45, 7) is 4.95. The molecule has 34 heavy (non-hydrogen) atoms. The highest BCUT2D eigenvalue weighted by Gasteiger charge is 2.29. The minimum Gasteiger partial charge on any atom is -0.493 e. The second-order valence-electron chi connectivity index (χ2n) is 8.15. The van der Waals surface area contributed by atoms with Gasteiger partial charge in [-0.05, 0) is 36.8 Å². The lowest BCUT2D eigenvalue weighted by Crippen LogP contribution is -2.53. The highest BCUT2D eigenvalue weighted by Crippen LogP contribution is 2.33. The lowest BCUT2D eigenvalue weighted by atomic mass is 10.1. The summed E-state index contributed by atoms with van der Waals surface area (Å²) >= 11 is 0. The molecule has 1 amide bonds. The van der Waals surface area contributed by atoms with Crippen molar-refractivity contribution in [2.24, 2.45) is 0 Å². The topological polar surface area (TPSA) is 107 Å². The highest BCUT2D eigenvalue weighted by molar-refractivity contribution is 7.89. The molecule has 0 aromatic heterocycles. The first-order valence-electron chi connectivity index (χ1n) is 10.9. The van der Waals surface area contributed by atoms with Crippen LogP contribution in [0.25, 0.3) is 0 Å². The lowest BCUT2D eigenvalue weighted by molar-refractivity contribution is -0.134. The van der Waals surface area contributed by atoms with Gasteiger partial charge in [-0.15, -0.1) is 0 Å². The number of sulfonamides is 1. The van der Waals surface area contributed by atoms with E-state index in [9.17, 15) is 13.2 Å². The first-order chi connectivity index (χ1) is 16.3. The third-order valence-corrected chi connectivity index (χ3v) is 7.43. The van der Waals surface area contributed by atoms with Gasteiger partial charge in [-0.2, -0.15) is 4.72 Å². The molecule has 0 radical (unpaired) electrons. The molecule has 2 aliphatic heterocycles. The second kappa shape index (κ2) is 10.1. The van der Waals surface area contributed by atoms with Crippen LogP contribution in [0.1, 0.15) is 12.5 Å². The number of piperazine rings is 1. The van der Waals surface area contributed by atoms with Gasteiger partial charge >= 0.3 is 0 Å². The van der Waals surface area contributed by atoms with Gasteiger partial charge < -0.3 is 23.8 Å². The van der Waals surface area contributed by atoms with Gasteiger partial charge in [-0.3, -0.25) is 9.69 Å². The van der Waals surface area contributed by atoms with Crippen LogP contribution in [-0.2, 0) is 21.4 Å². The molecule has 10 nitrogen and oxygen atoms in total.